The Labute approximate surface area is 183 Å². The van der Waals surface area contributed by atoms with Gasteiger partial charge in [0.15, 0.2) is 0 Å². The largest absolute Gasteiger partial charge is 0.413 e. The van der Waals surface area contributed by atoms with Gasteiger partial charge < -0.3 is 8.98 Å². The Morgan fingerprint density at radius 3 is 2.58 bits per heavy atom. The number of nitrogens with zero attached hydrogens (tertiary/aromatic N) is 4. The van der Waals surface area contributed by atoms with Gasteiger partial charge >= 0.3 is 0 Å². The van der Waals surface area contributed by atoms with Crippen LogP contribution in [0.1, 0.15) is 27.4 Å². The van der Waals surface area contributed by atoms with E-state index >= 15 is 0 Å². The molecule has 6 nitrogen and oxygen atoms in total. The van der Waals surface area contributed by atoms with Gasteiger partial charge in [-0.05, 0) is 48.9 Å². The molecule has 0 aliphatic carbocycles. The molecule has 5 aromatic rings. The lowest BCUT2D eigenvalue weighted by atomic mass is 10.1. The minimum atomic E-state index is -0.307. The summed E-state index contributed by atoms with van der Waals surface area (Å²) in [6.45, 7) is 2.61. The van der Waals surface area contributed by atoms with Crippen LogP contribution in [-0.2, 0) is 6.54 Å². The molecule has 3 heterocycles. The molecule has 7 heteroatoms. The van der Waals surface area contributed by atoms with Gasteiger partial charge in [0.1, 0.15) is 0 Å². The lowest BCUT2D eigenvalue weighted by Gasteiger charge is -2.06. The predicted octanol–water partition coefficient (Wildman–Crippen LogP) is 5.33. The summed E-state index contributed by atoms with van der Waals surface area (Å²) in [6.07, 6.45) is 5.11. The van der Waals surface area contributed by atoms with Crippen LogP contribution in [0.25, 0.3) is 22.4 Å². The molecule has 2 aromatic carbocycles. The van der Waals surface area contributed by atoms with Crippen molar-refractivity contribution in [2.45, 2.75) is 13.5 Å². The van der Waals surface area contributed by atoms with Crippen molar-refractivity contribution in [2.75, 3.05) is 0 Å². The summed E-state index contributed by atoms with van der Waals surface area (Å²) in [5.41, 5.74) is 4.34. The molecule has 0 fully saturated rings. The van der Waals surface area contributed by atoms with E-state index in [1.807, 2.05) is 60.2 Å². The van der Waals surface area contributed by atoms with Gasteiger partial charge in [-0.1, -0.05) is 35.4 Å². The van der Waals surface area contributed by atoms with Crippen molar-refractivity contribution < 1.29 is 9.21 Å². The second-order valence-electron chi connectivity index (χ2n) is 7.30. The van der Waals surface area contributed by atoms with Gasteiger partial charge in [0.05, 0.1) is 5.56 Å². The molecule has 0 aliphatic rings. The topological polar surface area (TPSA) is 73.8 Å². The molecule has 0 radical (unpaired) electrons. The summed E-state index contributed by atoms with van der Waals surface area (Å²) in [7, 11) is 0. The molecule has 0 aliphatic heterocycles. The third-order valence-electron chi connectivity index (χ3n) is 5.09. The number of benzene rings is 2. The van der Waals surface area contributed by atoms with Crippen LogP contribution in [0.4, 0.5) is 0 Å². The van der Waals surface area contributed by atoms with E-state index in [9.17, 15) is 4.79 Å². The maximum Gasteiger partial charge on any atom is 0.289 e. The molecule has 0 atom stereocenters. The summed E-state index contributed by atoms with van der Waals surface area (Å²) in [6, 6.07) is 17.2. The first kappa shape index (κ1) is 19.2. The Hall–Kier alpha value is -3.77. The minimum Gasteiger partial charge on any atom is -0.413 e. The van der Waals surface area contributed by atoms with E-state index in [1.54, 1.807) is 24.5 Å². The highest BCUT2D eigenvalue weighted by Crippen LogP contribution is 2.27. The van der Waals surface area contributed by atoms with Crippen LogP contribution < -0.4 is 0 Å². The molecule has 0 N–H and O–H groups in total. The Bertz CT molecular complexity index is 1390. The van der Waals surface area contributed by atoms with Gasteiger partial charge in [-0.15, -0.1) is 10.2 Å². The number of aromatic nitrogens is 4. The lowest BCUT2D eigenvalue weighted by Crippen LogP contribution is -2.02. The van der Waals surface area contributed by atoms with Gasteiger partial charge in [-0.25, -0.2) is 0 Å². The van der Waals surface area contributed by atoms with Crippen LogP contribution in [0.5, 0.6) is 0 Å². The third kappa shape index (κ3) is 3.73. The number of carbonyl (C=O) groups is 1. The number of halogens is 1. The zero-order valence-electron chi connectivity index (χ0n) is 16.6. The molecular formula is C24H17ClN4O2. The van der Waals surface area contributed by atoms with E-state index in [2.05, 4.69) is 15.2 Å². The Kier molecular flexibility index (Phi) is 4.84. The van der Waals surface area contributed by atoms with E-state index < -0.39 is 0 Å². The number of hydrogen-bond donors (Lipinski definition) is 0. The zero-order chi connectivity index (χ0) is 21.4. The molecule has 5 rings (SSSR count). The minimum absolute atomic E-state index is 0.0427. The lowest BCUT2D eigenvalue weighted by molar-refractivity contribution is 0.100. The van der Waals surface area contributed by atoms with E-state index in [0.717, 1.165) is 22.0 Å². The first-order valence-electron chi connectivity index (χ1n) is 9.71. The first-order chi connectivity index (χ1) is 15.1. The Balaban J connectivity index is 1.55. The van der Waals surface area contributed by atoms with Crippen molar-refractivity contribution in [3.8, 4) is 11.5 Å². The zero-order valence-corrected chi connectivity index (χ0v) is 17.4. The van der Waals surface area contributed by atoms with Gasteiger partial charge in [0.2, 0.25) is 5.89 Å². The fraction of sp³-hybridized carbons (Fsp3) is 0.0833. The highest BCUT2D eigenvalue weighted by atomic mass is 35.5. The number of ketones is 1. The maximum atomic E-state index is 13.3. The summed E-state index contributed by atoms with van der Waals surface area (Å²) >= 11 is 6.01. The van der Waals surface area contributed by atoms with Gasteiger partial charge in [-0.2, -0.15) is 0 Å². The number of carbonyl (C=O) groups excluding carboxylic acids is 1. The van der Waals surface area contributed by atoms with E-state index in [0.29, 0.717) is 22.7 Å². The summed E-state index contributed by atoms with van der Waals surface area (Å²) in [4.78, 5) is 17.3. The quantitative estimate of drug-likeness (QED) is 0.354. The normalized spacial score (nSPS) is 11.2. The molecule has 0 amide bonds. The Morgan fingerprint density at radius 1 is 1.03 bits per heavy atom. The number of hydrogen-bond acceptors (Lipinski definition) is 5. The molecule has 0 spiro atoms. The summed E-state index contributed by atoms with van der Waals surface area (Å²) in [5, 5.41) is 9.56. The number of pyridine rings is 1. The van der Waals surface area contributed by atoms with Crippen LogP contribution in [0, 0.1) is 6.92 Å². The van der Waals surface area contributed by atoms with E-state index in [4.69, 9.17) is 16.0 Å². The third-order valence-corrected chi connectivity index (χ3v) is 5.35. The molecule has 31 heavy (non-hydrogen) atoms. The van der Waals surface area contributed by atoms with Crippen molar-refractivity contribution in [1.29, 1.82) is 0 Å². The van der Waals surface area contributed by atoms with Crippen LogP contribution in [0.2, 0.25) is 5.02 Å². The molecule has 0 saturated heterocycles. The smallest absolute Gasteiger partial charge is 0.289 e. The van der Waals surface area contributed by atoms with Crippen LogP contribution in [0.3, 0.4) is 0 Å². The fourth-order valence-electron chi connectivity index (χ4n) is 3.55. The SMILES string of the molecule is Cc1ccc2c(c1)c(C(=O)c1nnc(-c3ccncc3)o1)cn2Cc1ccc(Cl)cc1. The second-order valence-corrected chi connectivity index (χ2v) is 7.73. The average molecular weight is 429 g/mol. The van der Waals surface area contributed by atoms with Crippen molar-refractivity contribution in [2.24, 2.45) is 0 Å². The second kappa shape index (κ2) is 7.81. The van der Waals surface area contributed by atoms with Gasteiger partial charge in [-0.3, -0.25) is 9.78 Å². The number of aryl methyl sites for hydroxylation is 1. The van der Waals surface area contributed by atoms with Crippen molar-refractivity contribution >= 4 is 28.3 Å². The van der Waals surface area contributed by atoms with Crippen molar-refractivity contribution in [3.05, 3.63) is 101 Å². The van der Waals surface area contributed by atoms with Crippen LogP contribution in [-0.4, -0.2) is 25.5 Å². The highest BCUT2D eigenvalue weighted by molar-refractivity contribution is 6.30. The number of fused-ring (bicyclic) bond motifs is 1. The standard InChI is InChI=1S/C24H17ClN4O2/c1-15-2-7-21-19(12-15)20(14-29(21)13-16-3-5-18(25)6-4-16)22(30)24-28-27-23(31-24)17-8-10-26-11-9-17/h2-12,14H,13H2,1H3. The maximum absolute atomic E-state index is 13.3. The molecule has 0 bridgehead atoms. The van der Waals surface area contributed by atoms with Gasteiger partial charge in [0.25, 0.3) is 11.7 Å². The molecule has 0 unspecified atom stereocenters. The van der Waals surface area contributed by atoms with Crippen molar-refractivity contribution in [1.82, 2.24) is 19.7 Å². The predicted molar refractivity (Wildman–Crippen MR) is 118 cm³/mol. The van der Waals surface area contributed by atoms with Gasteiger partial charge in [0, 0.05) is 46.6 Å². The summed E-state index contributed by atoms with van der Waals surface area (Å²) < 4.78 is 7.73. The molecular weight excluding hydrogens is 412 g/mol. The van der Waals surface area contributed by atoms with Crippen LogP contribution >= 0.6 is 11.6 Å². The highest BCUT2D eigenvalue weighted by Gasteiger charge is 2.22. The number of rotatable bonds is 5. The Morgan fingerprint density at radius 2 is 1.81 bits per heavy atom. The molecule has 0 saturated carbocycles. The van der Waals surface area contributed by atoms with Crippen molar-refractivity contribution in [3.63, 3.8) is 0 Å². The molecule has 152 valence electrons. The van der Waals surface area contributed by atoms with E-state index in [1.165, 1.54) is 0 Å². The van der Waals surface area contributed by atoms with Crippen LogP contribution in [0.15, 0.2) is 77.6 Å². The van der Waals surface area contributed by atoms with E-state index in [-0.39, 0.29) is 17.6 Å². The molecule has 3 aromatic heterocycles. The fourth-order valence-corrected chi connectivity index (χ4v) is 3.68. The first-order valence-corrected chi connectivity index (χ1v) is 10.1. The summed E-state index contributed by atoms with van der Waals surface area (Å²) in [5.74, 6) is -0.0658. The average Bonchev–Trinajstić information content (AvgIpc) is 3.41. The monoisotopic (exact) mass is 428 g/mol.